The number of carbonyl (C=O) groups is 1. The highest BCUT2D eigenvalue weighted by Gasteiger charge is 2.40. The van der Waals surface area contributed by atoms with Gasteiger partial charge in [0.05, 0.1) is 11.6 Å². The van der Waals surface area contributed by atoms with E-state index in [1.165, 1.54) is 5.56 Å². The van der Waals surface area contributed by atoms with Gasteiger partial charge in [-0.1, -0.05) is 30.3 Å². The van der Waals surface area contributed by atoms with Crippen LogP contribution in [0.15, 0.2) is 54.6 Å². The summed E-state index contributed by atoms with van der Waals surface area (Å²) in [4.78, 5) is 22.1. The van der Waals surface area contributed by atoms with E-state index in [1.807, 2.05) is 30.9 Å². The molecule has 1 saturated heterocycles. The average Bonchev–Trinajstić information content (AvgIpc) is 3.40. The molecule has 172 valence electrons. The molecule has 2 aromatic heterocycles. The first-order valence-electron chi connectivity index (χ1n) is 11.7. The number of nitrogens with zero attached hydrogens (tertiary/aromatic N) is 4. The maximum Gasteiger partial charge on any atom is 0.322 e. The van der Waals surface area contributed by atoms with Crippen molar-refractivity contribution in [1.29, 1.82) is 0 Å². The van der Waals surface area contributed by atoms with E-state index in [2.05, 4.69) is 74.9 Å². The predicted molar refractivity (Wildman–Crippen MR) is 134 cm³/mol. The summed E-state index contributed by atoms with van der Waals surface area (Å²) in [6.45, 7) is 6.39. The number of anilines is 1. The number of rotatable bonds is 3. The van der Waals surface area contributed by atoms with Crippen molar-refractivity contribution in [2.45, 2.75) is 32.4 Å². The molecule has 2 aromatic carbocycles. The quantitative estimate of drug-likeness (QED) is 0.473. The highest BCUT2D eigenvalue weighted by atomic mass is 16.2. The van der Waals surface area contributed by atoms with Gasteiger partial charge >= 0.3 is 6.03 Å². The number of benzene rings is 2. The Labute approximate surface area is 198 Å². The Morgan fingerprint density at radius 2 is 1.76 bits per heavy atom. The maximum atomic E-state index is 13.2. The summed E-state index contributed by atoms with van der Waals surface area (Å²) in [5.41, 5.74) is 8.07. The highest BCUT2D eigenvalue weighted by Crippen LogP contribution is 2.37. The molecule has 0 saturated carbocycles. The van der Waals surface area contributed by atoms with Gasteiger partial charge in [0.25, 0.3) is 0 Å². The van der Waals surface area contributed by atoms with Gasteiger partial charge in [-0.25, -0.2) is 4.79 Å². The molecule has 2 amide bonds. The monoisotopic (exact) mass is 452 g/mol. The van der Waals surface area contributed by atoms with Gasteiger partial charge in [0.1, 0.15) is 5.69 Å². The molecule has 0 radical (unpaired) electrons. The molecule has 0 aliphatic carbocycles. The van der Waals surface area contributed by atoms with Crippen LogP contribution >= 0.6 is 0 Å². The fourth-order valence-electron chi connectivity index (χ4n) is 5.58. The van der Waals surface area contributed by atoms with E-state index >= 15 is 0 Å². The molecular formula is C27H28N6O. The van der Waals surface area contributed by atoms with Crippen molar-refractivity contribution < 1.29 is 4.79 Å². The van der Waals surface area contributed by atoms with Gasteiger partial charge < -0.3 is 15.1 Å². The number of hydrogen-bond acceptors (Lipinski definition) is 4. The topological polar surface area (TPSA) is 77.2 Å². The minimum absolute atomic E-state index is 0.0341. The van der Waals surface area contributed by atoms with Gasteiger partial charge in [0.15, 0.2) is 0 Å². The first-order valence-corrected chi connectivity index (χ1v) is 11.7. The van der Waals surface area contributed by atoms with Crippen LogP contribution in [0.4, 0.5) is 10.5 Å². The van der Waals surface area contributed by atoms with E-state index in [0.717, 1.165) is 57.9 Å². The van der Waals surface area contributed by atoms with Crippen molar-refractivity contribution in [2.24, 2.45) is 0 Å². The third-order valence-corrected chi connectivity index (χ3v) is 7.08. The lowest BCUT2D eigenvalue weighted by molar-refractivity contribution is 0.177. The van der Waals surface area contributed by atoms with Crippen molar-refractivity contribution in [3.05, 3.63) is 77.1 Å². The normalized spacial score (nSPS) is 20.6. The predicted octanol–water partition coefficient (Wildman–Crippen LogP) is 4.69. The lowest BCUT2D eigenvalue weighted by Gasteiger charge is -2.36. The van der Waals surface area contributed by atoms with Crippen LogP contribution in [-0.4, -0.2) is 57.2 Å². The van der Waals surface area contributed by atoms with E-state index in [0.29, 0.717) is 6.54 Å². The summed E-state index contributed by atoms with van der Waals surface area (Å²) in [6, 6.07) is 18.9. The molecule has 6 rings (SSSR count). The number of hydrogen-bond donors (Lipinski definition) is 2. The second-order valence-electron chi connectivity index (χ2n) is 9.63. The van der Waals surface area contributed by atoms with Gasteiger partial charge in [-0.05, 0) is 56.3 Å². The van der Waals surface area contributed by atoms with Crippen LogP contribution in [0, 0.1) is 13.8 Å². The number of aromatic amines is 1. The van der Waals surface area contributed by atoms with Crippen LogP contribution in [0.1, 0.15) is 28.4 Å². The zero-order valence-electron chi connectivity index (χ0n) is 19.7. The highest BCUT2D eigenvalue weighted by molar-refractivity contribution is 6.00. The number of nitrogens with one attached hydrogen (secondary N) is 2. The minimum atomic E-state index is -0.0341. The first kappa shape index (κ1) is 20.9. The minimum Gasteiger partial charge on any atom is -0.315 e. The average molecular weight is 453 g/mol. The number of urea groups is 1. The van der Waals surface area contributed by atoms with E-state index in [-0.39, 0.29) is 18.0 Å². The number of carbonyl (C=O) groups excluding carboxylic acids is 1. The zero-order valence-corrected chi connectivity index (χ0v) is 19.7. The lowest BCUT2D eigenvalue weighted by Crippen LogP contribution is -2.48. The Kier molecular flexibility index (Phi) is 4.88. The molecule has 1 fully saturated rings. The van der Waals surface area contributed by atoms with Gasteiger partial charge in [-0.2, -0.15) is 5.10 Å². The van der Waals surface area contributed by atoms with Gasteiger partial charge in [-0.15, -0.1) is 0 Å². The Bertz CT molecular complexity index is 1380. The van der Waals surface area contributed by atoms with Crippen LogP contribution < -0.4 is 5.32 Å². The van der Waals surface area contributed by atoms with Crippen molar-refractivity contribution in [2.75, 3.05) is 25.5 Å². The molecule has 2 aliphatic rings. The van der Waals surface area contributed by atoms with Crippen LogP contribution in [0.5, 0.6) is 0 Å². The third kappa shape index (κ3) is 3.53. The fourth-order valence-corrected chi connectivity index (χ4v) is 5.58. The molecule has 2 N–H and O–H groups in total. The van der Waals surface area contributed by atoms with E-state index in [1.54, 1.807) is 0 Å². The summed E-state index contributed by atoms with van der Waals surface area (Å²) in [6.07, 6.45) is 0. The van der Waals surface area contributed by atoms with E-state index in [4.69, 9.17) is 0 Å². The molecule has 2 atom stereocenters. The Hall–Kier alpha value is -3.71. The molecule has 7 heteroatoms. The van der Waals surface area contributed by atoms with Crippen LogP contribution in [0.25, 0.3) is 22.2 Å². The van der Waals surface area contributed by atoms with E-state index in [9.17, 15) is 4.79 Å². The third-order valence-electron chi connectivity index (χ3n) is 7.08. The molecule has 0 bridgehead atoms. The molecule has 7 nitrogen and oxygen atoms in total. The lowest BCUT2D eigenvalue weighted by atomic mass is 9.92. The summed E-state index contributed by atoms with van der Waals surface area (Å²) >= 11 is 0. The number of aryl methyl sites for hydroxylation is 2. The molecule has 4 aromatic rings. The molecule has 4 heterocycles. The van der Waals surface area contributed by atoms with Crippen molar-refractivity contribution in [3.63, 3.8) is 0 Å². The van der Waals surface area contributed by atoms with Crippen LogP contribution in [-0.2, 0) is 6.54 Å². The van der Waals surface area contributed by atoms with Gasteiger partial charge in [-0.3, -0.25) is 10.1 Å². The first-order chi connectivity index (χ1) is 16.5. The molecule has 0 unspecified atom stereocenters. The smallest absolute Gasteiger partial charge is 0.315 e. The molecule has 2 aliphatic heterocycles. The number of fused-ring (bicyclic) bond motifs is 2. The number of aromatic nitrogens is 3. The fraction of sp³-hybridized carbons (Fsp3) is 0.296. The second-order valence-corrected chi connectivity index (χ2v) is 9.63. The molecule has 34 heavy (non-hydrogen) atoms. The number of pyridine rings is 1. The van der Waals surface area contributed by atoms with Gasteiger partial charge in [0, 0.05) is 53.6 Å². The van der Waals surface area contributed by atoms with Crippen molar-refractivity contribution >= 4 is 22.6 Å². The maximum absolute atomic E-state index is 13.2. The second kappa shape index (κ2) is 7.95. The standard InChI is InChI=1S/C27H28N6O/c1-16-9-19(10-17(2)28-16)26-21-11-20-13-33(27(34)29-23(20)12-24(21)30-31-26)25-15-32(3)14-22(25)18-7-5-4-6-8-18/h4-12,22,25H,13-15H2,1-3H3,(H,29,34)(H,30,31)/t22-,25+/m0/s1. The Morgan fingerprint density at radius 1 is 1.00 bits per heavy atom. The number of likely N-dealkylation sites (N-methyl/N-ethyl adjacent to an activating group) is 1. The Balaban J connectivity index is 1.38. The number of amides is 2. The van der Waals surface area contributed by atoms with Crippen LogP contribution in [0.2, 0.25) is 0 Å². The summed E-state index contributed by atoms with van der Waals surface area (Å²) in [5.74, 6) is 0.287. The summed E-state index contributed by atoms with van der Waals surface area (Å²) in [5, 5.41) is 12.0. The molecule has 0 spiro atoms. The summed E-state index contributed by atoms with van der Waals surface area (Å²) < 4.78 is 0. The molecular weight excluding hydrogens is 424 g/mol. The van der Waals surface area contributed by atoms with Gasteiger partial charge in [0.2, 0.25) is 0 Å². The SMILES string of the molecule is Cc1cc(-c2n[nH]c3cc4c(cc23)CN([C@@H]2CN(C)C[C@H]2c2ccccc2)C(=O)N4)cc(C)n1. The van der Waals surface area contributed by atoms with Crippen LogP contribution in [0.3, 0.4) is 0 Å². The Morgan fingerprint density at radius 3 is 2.53 bits per heavy atom. The zero-order chi connectivity index (χ0) is 23.4. The number of likely N-dealkylation sites (tertiary alicyclic amines) is 1. The van der Waals surface area contributed by atoms with Crippen molar-refractivity contribution in [3.8, 4) is 11.3 Å². The van der Waals surface area contributed by atoms with E-state index < -0.39 is 0 Å². The van der Waals surface area contributed by atoms with Crippen molar-refractivity contribution in [1.82, 2.24) is 25.0 Å². The largest absolute Gasteiger partial charge is 0.322 e. The number of H-pyrrole nitrogens is 1. The summed E-state index contributed by atoms with van der Waals surface area (Å²) in [7, 11) is 2.13.